The number of anilines is 1. The first kappa shape index (κ1) is 15.3. The van der Waals surface area contributed by atoms with E-state index in [1.54, 1.807) is 11.8 Å². The molecule has 0 aliphatic carbocycles. The number of benzene rings is 2. The van der Waals surface area contributed by atoms with Gasteiger partial charge in [0.05, 0.1) is 23.9 Å². The van der Waals surface area contributed by atoms with Crippen LogP contribution in [-0.2, 0) is 0 Å². The lowest BCUT2D eigenvalue weighted by molar-refractivity contribution is 0.415. The van der Waals surface area contributed by atoms with Gasteiger partial charge in [-0.2, -0.15) is 4.98 Å². The lowest BCUT2D eigenvalue weighted by Crippen LogP contribution is -1.98. The van der Waals surface area contributed by atoms with Crippen LogP contribution in [0.4, 0.5) is 5.82 Å². The molecule has 4 aromatic rings. The van der Waals surface area contributed by atoms with E-state index in [1.165, 1.54) is 0 Å². The number of nitrogens with one attached hydrogen (secondary N) is 1. The first-order chi connectivity index (χ1) is 12.2. The molecule has 0 unspecified atom stereocenters. The van der Waals surface area contributed by atoms with Crippen LogP contribution in [0.1, 0.15) is 0 Å². The van der Waals surface area contributed by atoms with E-state index in [9.17, 15) is 0 Å². The molecule has 0 fully saturated rings. The minimum atomic E-state index is 0.371. The first-order valence-corrected chi connectivity index (χ1v) is 8.06. The SMILES string of the molecule is COc1ccc(-c2[nH]c(=S)nc3c2c(N)nn3-c2ccccc2)cc1. The molecule has 0 saturated carbocycles. The second kappa shape index (κ2) is 6.03. The van der Waals surface area contributed by atoms with Gasteiger partial charge in [0.25, 0.3) is 0 Å². The molecule has 4 rings (SSSR count). The highest BCUT2D eigenvalue weighted by atomic mass is 32.1. The minimum Gasteiger partial charge on any atom is -0.497 e. The van der Waals surface area contributed by atoms with E-state index in [0.29, 0.717) is 16.2 Å². The fourth-order valence-electron chi connectivity index (χ4n) is 2.79. The number of nitrogens with two attached hydrogens (primary N) is 1. The van der Waals surface area contributed by atoms with Gasteiger partial charge in [-0.3, -0.25) is 0 Å². The number of methoxy groups -OCH3 is 1. The topological polar surface area (TPSA) is 81.8 Å². The van der Waals surface area contributed by atoms with Crippen molar-refractivity contribution in [1.82, 2.24) is 19.7 Å². The van der Waals surface area contributed by atoms with Crippen molar-refractivity contribution in [3.8, 4) is 22.7 Å². The van der Waals surface area contributed by atoms with Crippen molar-refractivity contribution in [2.75, 3.05) is 12.8 Å². The monoisotopic (exact) mass is 349 g/mol. The maximum atomic E-state index is 6.21. The summed E-state index contributed by atoms with van der Waals surface area (Å²) >= 11 is 5.32. The molecule has 7 heteroatoms. The van der Waals surface area contributed by atoms with E-state index in [1.807, 2.05) is 54.6 Å². The summed E-state index contributed by atoms with van der Waals surface area (Å²) in [4.78, 5) is 7.59. The quantitative estimate of drug-likeness (QED) is 0.551. The van der Waals surface area contributed by atoms with Crippen LogP contribution in [0, 0.1) is 4.77 Å². The van der Waals surface area contributed by atoms with Gasteiger partial charge >= 0.3 is 0 Å². The second-order valence-electron chi connectivity index (χ2n) is 5.48. The van der Waals surface area contributed by atoms with Crippen LogP contribution in [-0.4, -0.2) is 26.9 Å². The smallest absolute Gasteiger partial charge is 0.199 e. The summed E-state index contributed by atoms with van der Waals surface area (Å²) in [7, 11) is 1.63. The third-order valence-corrected chi connectivity index (χ3v) is 4.15. The molecule has 0 radical (unpaired) electrons. The van der Waals surface area contributed by atoms with E-state index in [0.717, 1.165) is 28.1 Å². The summed E-state index contributed by atoms with van der Waals surface area (Å²) in [6.07, 6.45) is 0. The Morgan fingerprint density at radius 1 is 1.08 bits per heavy atom. The average Bonchev–Trinajstić information content (AvgIpc) is 2.98. The Morgan fingerprint density at radius 3 is 2.48 bits per heavy atom. The molecule has 2 aromatic heterocycles. The lowest BCUT2D eigenvalue weighted by Gasteiger charge is -2.07. The molecule has 0 amide bonds. The molecular weight excluding hydrogens is 334 g/mol. The molecule has 0 atom stereocenters. The van der Waals surface area contributed by atoms with Gasteiger partial charge in [0.2, 0.25) is 0 Å². The van der Waals surface area contributed by atoms with Crippen molar-refractivity contribution >= 4 is 29.1 Å². The highest BCUT2D eigenvalue weighted by Crippen LogP contribution is 2.31. The Balaban J connectivity index is 2.00. The van der Waals surface area contributed by atoms with Gasteiger partial charge in [-0.05, 0) is 54.2 Å². The van der Waals surface area contributed by atoms with Crippen LogP contribution in [0.15, 0.2) is 54.6 Å². The number of nitrogen functional groups attached to an aromatic ring is 1. The molecule has 0 saturated heterocycles. The highest BCUT2D eigenvalue weighted by molar-refractivity contribution is 7.71. The number of aromatic amines is 1. The summed E-state index contributed by atoms with van der Waals surface area (Å²) in [6, 6.07) is 17.4. The van der Waals surface area contributed by atoms with Gasteiger partial charge in [-0.1, -0.05) is 18.2 Å². The zero-order chi connectivity index (χ0) is 17.4. The van der Waals surface area contributed by atoms with Gasteiger partial charge in [0, 0.05) is 0 Å². The summed E-state index contributed by atoms with van der Waals surface area (Å²) in [5.74, 6) is 1.17. The fraction of sp³-hybridized carbons (Fsp3) is 0.0556. The van der Waals surface area contributed by atoms with Crippen molar-refractivity contribution in [3.63, 3.8) is 0 Å². The number of aromatic nitrogens is 4. The predicted molar refractivity (Wildman–Crippen MR) is 100 cm³/mol. The number of hydrogen-bond acceptors (Lipinski definition) is 5. The van der Waals surface area contributed by atoms with Crippen molar-refractivity contribution in [1.29, 1.82) is 0 Å². The van der Waals surface area contributed by atoms with Crippen LogP contribution in [0.25, 0.3) is 28.0 Å². The normalized spacial score (nSPS) is 10.9. The van der Waals surface area contributed by atoms with Gasteiger partial charge in [0.1, 0.15) is 5.75 Å². The number of fused-ring (bicyclic) bond motifs is 1. The van der Waals surface area contributed by atoms with Crippen molar-refractivity contribution in [2.24, 2.45) is 0 Å². The molecular formula is C18H15N5OS. The predicted octanol–water partition coefficient (Wildman–Crippen LogP) is 3.74. The summed E-state index contributed by atoms with van der Waals surface area (Å²) in [5.41, 5.74) is 9.42. The zero-order valence-electron chi connectivity index (χ0n) is 13.4. The van der Waals surface area contributed by atoms with Gasteiger partial charge in [-0.15, -0.1) is 5.10 Å². The second-order valence-corrected chi connectivity index (χ2v) is 5.86. The fourth-order valence-corrected chi connectivity index (χ4v) is 2.97. The Labute approximate surface area is 148 Å². The van der Waals surface area contributed by atoms with Gasteiger partial charge in [-0.25, -0.2) is 4.68 Å². The highest BCUT2D eigenvalue weighted by Gasteiger charge is 2.17. The van der Waals surface area contributed by atoms with Crippen molar-refractivity contribution in [3.05, 3.63) is 59.4 Å². The minimum absolute atomic E-state index is 0.371. The van der Waals surface area contributed by atoms with E-state index < -0.39 is 0 Å². The van der Waals surface area contributed by atoms with Gasteiger partial charge in [0.15, 0.2) is 16.2 Å². The Morgan fingerprint density at radius 2 is 1.80 bits per heavy atom. The summed E-state index contributed by atoms with van der Waals surface area (Å²) in [6.45, 7) is 0. The van der Waals surface area contributed by atoms with Crippen LogP contribution < -0.4 is 10.5 Å². The van der Waals surface area contributed by atoms with E-state index >= 15 is 0 Å². The standard InChI is InChI=1S/C18H15N5OS/c1-24-13-9-7-11(8-10-13)15-14-16(19)22-23(12-5-3-2-4-6-12)17(14)21-18(25)20-15/h2-10H,1H3,(H2,19,22)(H,20,21,25). The number of ether oxygens (including phenoxy) is 1. The third kappa shape index (κ3) is 2.64. The Kier molecular flexibility index (Phi) is 3.70. The number of hydrogen-bond donors (Lipinski definition) is 2. The largest absolute Gasteiger partial charge is 0.497 e. The average molecular weight is 349 g/mol. The molecule has 2 heterocycles. The Bertz CT molecular complexity index is 1100. The van der Waals surface area contributed by atoms with Crippen LogP contribution in [0.2, 0.25) is 0 Å². The summed E-state index contributed by atoms with van der Waals surface area (Å²) < 4.78 is 7.30. The number of nitrogens with zero attached hydrogens (tertiary/aromatic N) is 3. The molecule has 6 nitrogen and oxygen atoms in total. The van der Waals surface area contributed by atoms with E-state index in [4.69, 9.17) is 22.7 Å². The van der Waals surface area contributed by atoms with Crippen LogP contribution in [0.5, 0.6) is 5.75 Å². The van der Waals surface area contributed by atoms with Crippen molar-refractivity contribution < 1.29 is 4.74 Å². The molecule has 25 heavy (non-hydrogen) atoms. The molecule has 0 spiro atoms. The molecule has 0 aliphatic heterocycles. The third-order valence-electron chi connectivity index (χ3n) is 3.96. The molecule has 0 bridgehead atoms. The molecule has 3 N–H and O–H groups in total. The lowest BCUT2D eigenvalue weighted by atomic mass is 10.1. The van der Waals surface area contributed by atoms with Gasteiger partial charge < -0.3 is 15.5 Å². The van der Waals surface area contributed by atoms with E-state index in [2.05, 4.69) is 15.1 Å². The van der Waals surface area contributed by atoms with E-state index in [-0.39, 0.29) is 0 Å². The first-order valence-electron chi connectivity index (χ1n) is 7.66. The zero-order valence-corrected chi connectivity index (χ0v) is 14.2. The molecule has 0 aliphatic rings. The van der Waals surface area contributed by atoms with Crippen LogP contribution >= 0.6 is 12.2 Å². The maximum absolute atomic E-state index is 6.21. The number of para-hydroxylation sites is 1. The molecule has 2 aromatic carbocycles. The van der Waals surface area contributed by atoms with Crippen LogP contribution in [0.3, 0.4) is 0 Å². The van der Waals surface area contributed by atoms with Crippen molar-refractivity contribution in [2.45, 2.75) is 0 Å². The number of H-pyrrole nitrogens is 1. The Hall–Kier alpha value is -3.19. The number of rotatable bonds is 3. The summed E-state index contributed by atoms with van der Waals surface area (Å²) in [5, 5.41) is 5.20. The maximum Gasteiger partial charge on any atom is 0.199 e. The molecule has 124 valence electrons.